The van der Waals surface area contributed by atoms with Gasteiger partial charge in [0.05, 0.1) is 35.3 Å². The molecule has 25 heavy (non-hydrogen) atoms. The summed E-state index contributed by atoms with van der Waals surface area (Å²) in [7, 11) is 3.00. The quantitative estimate of drug-likeness (QED) is 0.481. The van der Waals surface area contributed by atoms with Crippen LogP contribution >= 0.6 is 15.9 Å². The second-order valence-electron chi connectivity index (χ2n) is 5.32. The van der Waals surface area contributed by atoms with Crippen molar-refractivity contribution < 1.29 is 14.5 Å². The predicted molar refractivity (Wildman–Crippen MR) is 92.1 cm³/mol. The fraction of sp³-hybridized carbons (Fsp3) is 0.500. The molecule has 0 aliphatic rings. The summed E-state index contributed by atoms with van der Waals surface area (Å²) in [6.07, 6.45) is 3.28. The molecule has 0 radical (unpaired) electrons. The molecule has 0 saturated heterocycles. The molecule has 1 amide bonds. The van der Waals surface area contributed by atoms with Gasteiger partial charge in [0, 0.05) is 26.2 Å². The zero-order chi connectivity index (χ0) is 18.6. The van der Waals surface area contributed by atoms with Crippen molar-refractivity contribution in [3.8, 4) is 5.88 Å². The van der Waals surface area contributed by atoms with Gasteiger partial charge in [-0.2, -0.15) is 5.10 Å². The molecule has 2 rings (SSSR count). The molecule has 0 spiro atoms. The normalized spacial score (nSPS) is 10.7. The number of ether oxygens (including phenoxy) is 1. The summed E-state index contributed by atoms with van der Waals surface area (Å²) in [5, 5.41) is 19.2. The summed E-state index contributed by atoms with van der Waals surface area (Å²) in [4.78, 5) is 24.1. The van der Waals surface area contributed by atoms with Gasteiger partial charge in [0.25, 0.3) is 0 Å². The molecule has 0 aliphatic carbocycles. The van der Waals surface area contributed by atoms with E-state index >= 15 is 0 Å². The lowest BCUT2D eigenvalue weighted by molar-refractivity contribution is -0.385. The van der Waals surface area contributed by atoms with Crippen LogP contribution in [0, 0.1) is 10.1 Å². The van der Waals surface area contributed by atoms with E-state index in [1.54, 1.807) is 16.6 Å². The number of aromatic nitrogens is 4. The molecular weight excluding hydrogens is 396 g/mol. The van der Waals surface area contributed by atoms with Gasteiger partial charge in [-0.25, -0.2) is 0 Å². The molecule has 2 aromatic rings. The fourth-order valence-corrected chi connectivity index (χ4v) is 2.64. The Morgan fingerprint density at radius 1 is 1.40 bits per heavy atom. The van der Waals surface area contributed by atoms with E-state index in [9.17, 15) is 14.9 Å². The van der Waals surface area contributed by atoms with Crippen molar-refractivity contribution in [3.05, 3.63) is 32.7 Å². The topological polar surface area (TPSA) is 108 Å². The van der Waals surface area contributed by atoms with Gasteiger partial charge in [-0.3, -0.25) is 24.3 Å². The van der Waals surface area contributed by atoms with Gasteiger partial charge < -0.3 is 9.64 Å². The van der Waals surface area contributed by atoms with Gasteiger partial charge >= 0.3 is 11.6 Å². The van der Waals surface area contributed by atoms with Crippen LogP contribution in [0.15, 0.2) is 16.9 Å². The zero-order valence-corrected chi connectivity index (χ0v) is 15.8. The first-order valence-corrected chi connectivity index (χ1v) is 8.36. The van der Waals surface area contributed by atoms with E-state index < -0.39 is 4.92 Å². The van der Waals surface area contributed by atoms with Crippen molar-refractivity contribution >= 4 is 27.5 Å². The van der Waals surface area contributed by atoms with Gasteiger partial charge in [-0.15, -0.1) is 5.10 Å². The van der Waals surface area contributed by atoms with Crippen molar-refractivity contribution in [1.29, 1.82) is 0 Å². The van der Waals surface area contributed by atoms with Crippen molar-refractivity contribution in [2.24, 2.45) is 0 Å². The molecule has 0 bridgehead atoms. The number of carbonyl (C=O) groups is 1. The second-order valence-corrected chi connectivity index (χ2v) is 6.18. The van der Waals surface area contributed by atoms with Gasteiger partial charge in [-0.05, 0) is 22.9 Å². The number of nitro groups is 1. The lowest BCUT2D eigenvalue weighted by atomic mass is 10.3. The van der Waals surface area contributed by atoms with Crippen LogP contribution in [0.5, 0.6) is 5.88 Å². The smallest absolute Gasteiger partial charge is 0.350 e. The van der Waals surface area contributed by atoms with Gasteiger partial charge in [0.2, 0.25) is 5.91 Å². The first-order chi connectivity index (χ1) is 11.8. The summed E-state index contributed by atoms with van der Waals surface area (Å²) in [6.45, 7) is 3.32. The molecule has 10 nitrogen and oxygen atoms in total. The third-order valence-corrected chi connectivity index (χ3v) is 4.24. The number of halogens is 1. The SMILES string of the molecule is CCn1cc(Br)c(CN(C)C(=O)CCn2cc([N+](=O)[O-])c(OC)n2)n1. The molecule has 11 heteroatoms. The van der Waals surface area contributed by atoms with Crippen molar-refractivity contribution in [1.82, 2.24) is 24.5 Å². The fourth-order valence-electron chi connectivity index (χ4n) is 2.20. The van der Waals surface area contributed by atoms with Gasteiger partial charge in [0.15, 0.2) is 0 Å². The van der Waals surface area contributed by atoms with Crippen molar-refractivity contribution in [2.75, 3.05) is 14.2 Å². The van der Waals surface area contributed by atoms with E-state index in [-0.39, 0.29) is 30.4 Å². The Kier molecular flexibility index (Phi) is 6.12. The summed E-state index contributed by atoms with van der Waals surface area (Å²) < 4.78 is 8.83. The Labute approximate surface area is 152 Å². The van der Waals surface area contributed by atoms with Crippen LogP contribution in [-0.2, 0) is 24.4 Å². The number of methoxy groups -OCH3 is 1. The lowest BCUT2D eigenvalue weighted by Gasteiger charge is -2.16. The minimum absolute atomic E-state index is 0.0696. The van der Waals surface area contributed by atoms with Crippen LogP contribution < -0.4 is 4.74 Å². The lowest BCUT2D eigenvalue weighted by Crippen LogP contribution is -2.27. The highest BCUT2D eigenvalue weighted by Gasteiger charge is 2.21. The van der Waals surface area contributed by atoms with E-state index in [1.807, 2.05) is 13.1 Å². The number of aryl methyl sites for hydroxylation is 2. The first kappa shape index (κ1) is 18.9. The highest BCUT2D eigenvalue weighted by Crippen LogP contribution is 2.24. The molecule has 0 fully saturated rings. The number of rotatable bonds is 8. The molecule has 0 atom stereocenters. The Morgan fingerprint density at radius 2 is 2.12 bits per heavy atom. The van der Waals surface area contributed by atoms with Crippen molar-refractivity contribution in [2.45, 2.75) is 33.0 Å². The maximum Gasteiger partial charge on any atom is 0.350 e. The van der Waals surface area contributed by atoms with Crippen LogP contribution in [0.2, 0.25) is 0 Å². The highest BCUT2D eigenvalue weighted by molar-refractivity contribution is 9.10. The number of nitrogens with zero attached hydrogens (tertiary/aromatic N) is 6. The summed E-state index contributed by atoms with van der Waals surface area (Å²) in [5.74, 6) is -0.185. The number of amides is 1. The molecular formula is C14H19BrN6O4. The molecule has 0 saturated carbocycles. The minimum atomic E-state index is -0.572. The van der Waals surface area contributed by atoms with Crippen LogP contribution in [0.1, 0.15) is 19.0 Å². The highest BCUT2D eigenvalue weighted by atomic mass is 79.9. The molecule has 0 N–H and O–H groups in total. The van der Waals surface area contributed by atoms with Crippen LogP contribution in [-0.4, -0.2) is 49.4 Å². The number of hydrogen-bond donors (Lipinski definition) is 0. The minimum Gasteiger partial charge on any atom is -0.475 e. The standard InChI is InChI=1S/C14H19BrN6O4/c1-4-19-7-10(15)11(16-19)8-18(2)13(22)5-6-20-9-12(21(23)24)14(17-20)25-3/h7,9H,4-6,8H2,1-3H3. The van der Waals surface area contributed by atoms with Crippen molar-refractivity contribution in [3.63, 3.8) is 0 Å². The third-order valence-electron chi connectivity index (χ3n) is 3.58. The Hall–Kier alpha value is -2.43. The summed E-state index contributed by atoms with van der Waals surface area (Å²) >= 11 is 3.43. The largest absolute Gasteiger partial charge is 0.475 e. The van der Waals surface area contributed by atoms with Gasteiger partial charge in [0.1, 0.15) is 6.20 Å². The maximum absolute atomic E-state index is 12.3. The first-order valence-electron chi connectivity index (χ1n) is 7.57. The van der Waals surface area contributed by atoms with E-state index in [0.29, 0.717) is 6.54 Å². The molecule has 2 aromatic heterocycles. The second kappa shape index (κ2) is 8.10. The van der Waals surface area contributed by atoms with E-state index in [4.69, 9.17) is 4.74 Å². The molecule has 0 aromatic carbocycles. The molecule has 136 valence electrons. The van der Waals surface area contributed by atoms with Crippen LogP contribution in [0.4, 0.5) is 5.69 Å². The van der Waals surface area contributed by atoms with Crippen LogP contribution in [0.25, 0.3) is 0 Å². The Balaban J connectivity index is 1.95. The molecule has 2 heterocycles. The number of carbonyl (C=O) groups excluding carboxylic acids is 1. The molecule has 0 aliphatic heterocycles. The predicted octanol–water partition coefficient (Wildman–Crippen LogP) is 1.83. The average molecular weight is 415 g/mol. The van der Waals surface area contributed by atoms with Crippen LogP contribution in [0.3, 0.4) is 0 Å². The number of hydrogen-bond acceptors (Lipinski definition) is 6. The maximum atomic E-state index is 12.3. The van der Waals surface area contributed by atoms with E-state index in [0.717, 1.165) is 16.7 Å². The summed E-state index contributed by atoms with van der Waals surface area (Å²) in [6, 6.07) is 0. The van der Waals surface area contributed by atoms with Gasteiger partial charge in [-0.1, -0.05) is 0 Å². The monoisotopic (exact) mass is 414 g/mol. The Bertz CT molecular complexity index is 771. The molecule has 0 unspecified atom stereocenters. The zero-order valence-electron chi connectivity index (χ0n) is 14.2. The van der Waals surface area contributed by atoms with E-state index in [1.165, 1.54) is 18.0 Å². The average Bonchev–Trinajstić information content (AvgIpc) is 3.16. The van der Waals surface area contributed by atoms with E-state index in [2.05, 4.69) is 26.1 Å². The summed E-state index contributed by atoms with van der Waals surface area (Å²) in [5.41, 5.74) is 0.548. The third kappa shape index (κ3) is 4.56. The Morgan fingerprint density at radius 3 is 2.64 bits per heavy atom.